The van der Waals surface area contributed by atoms with Gasteiger partial charge < -0.3 is 29.0 Å². The van der Waals surface area contributed by atoms with E-state index in [1.807, 2.05) is 6.07 Å². The van der Waals surface area contributed by atoms with E-state index in [0.717, 1.165) is 0 Å². The molecule has 2 aromatic rings. The Kier molecular flexibility index (Phi) is 8.11. The van der Waals surface area contributed by atoms with Crippen LogP contribution in [-0.2, 0) is 9.47 Å². The first-order chi connectivity index (χ1) is 15.9. The zero-order chi connectivity index (χ0) is 24.0. The molecule has 1 aromatic heterocycles. The van der Waals surface area contributed by atoms with E-state index in [2.05, 4.69) is 4.98 Å². The highest BCUT2D eigenvalue weighted by Gasteiger charge is 2.29. The molecule has 3 rings (SSSR count). The molecule has 0 radical (unpaired) electrons. The van der Waals surface area contributed by atoms with Crippen LogP contribution >= 0.6 is 0 Å². The zero-order valence-electron chi connectivity index (χ0n) is 19.6. The molecule has 9 heteroatoms. The molecule has 1 fully saturated rings. The van der Waals surface area contributed by atoms with E-state index in [9.17, 15) is 14.4 Å². The number of aryl methyl sites for hydroxylation is 1. The number of carbonyl (C=O) groups is 3. The zero-order valence-corrected chi connectivity index (χ0v) is 19.6. The Labute approximate surface area is 193 Å². The quantitative estimate of drug-likeness (QED) is 0.506. The summed E-state index contributed by atoms with van der Waals surface area (Å²) < 4.78 is 15.5. The van der Waals surface area contributed by atoms with E-state index in [1.54, 1.807) is 41.8 Å². The largest absolute Gasteiger partial charge is 0.496 e. The molecule has 0 saturated carbocycles. The summed E-state index contributed by atoms with van der Waals surface area (Å²) in [5.41, 5.74) is 2.40. The molecule has 0 spiro atoms. The molecule has 2 heterocycles. The van der Waals surface area contributed by atoms with Crippen LogP contribution in [-0.4, -0.2) is 86.2 Å². The van der Waals surface area contributed by atoms with Crippen LogP contribution in [0.3, 0.4) is 0 Å². The van der Waals surface area contributed by atoms with Gasteiger partial charge in [0, 0.05) is 39.0 Å². The third-order valence-electron chi connectivity index (χ3n) is 5.78. The molecule has 1 saturated heterocycles. The molecule has 1 aliphatic heterocycles. The number of esters is 1. The number of H-pyrrole nitrogens is 1. The number of methoxy groups -OCH3 is 2. The van der Waals surface area contributed by atoms with E-state index >= 15 is 0 Å². The van der Waals surface area contributed by atoms with Gasteiger partial charge in [-0.05, 0) is 38.0 Å². The number of amides is 2. The van der Waals surface area contributed by atoms with Gasteiger partial charge >= 0.3 is 5.97 Å². The smallest absolute Gasteiger partial charge is 0.340 e. The van der Waals surface area contributed by atoms with Crippen molar-refractivity contribution in [2.45, 2.75) is 20.3 Å². The number of benzene rings is 1. The van der Waals surface area contributed by atoms with Crippen LogP contribution < -0.4 is 4.74 Å². The number of ether oxygens (including phenoxy) is 3. The number of hydrogen-bond acceptors (Lipinski definition) is 6. The van der Waals surface area contributed by atoms with E-state index in [-0.39, 0.29) is 18.4 Å². The second-order valence-electron chi connectivity index (χ2n) is 7.89. The van der Waals surface area contributed by atoms with Crippen molar-refractivity contribution in [2.24, 2.45) is 0 Å². The topological polar surface area (TPSA) is 101 Å². The lowest BCUT2D eigenvalue weighted by Crippen LogP contribution is -2.37. The number of aromatic amines is 1. The number of aromatic nitrogens is 1. The van der Waals surface area contributed by atoms with E-state index in [4.69, 9.17) is 14.2 Å². The second kappa shape index (κ2) is 11.0. The molecule has 9 nitrogen and oxygen atoms in total. The van der Waals surface area contributed by atoms with Crippen LogP contribution in [0.15, 0.2) is 24.3 Å². The lowest BCUT2D eigenvalue weighted by molar-refractivity contribution is 0.0386. The van der Waals surface area contributed by atoms with E-state index < -0.39 is 5.97 Å². The lowest BCUT2D eigenvalue weighted by Gasteiger charge is -2.23. The van der Waals surface area contributed by atoms with Crippen molar-refractivity contribution >= 4 is 17.8 Å². The fourth-order valence-electron chi connectivity index (χ4n) is 4.03. The number of rotatable bonds is 7. The normalized spacial score (nSPS) is 14.1. The Bertz CT molecular complexity index is 1020. The molecule has 0 atom stereocenters. The number of para-hydroxylation sites is 1. The van der Waals surface area contributed by atoms with Gasteiger partial charge in [-0.25, -0.2) is 4.79 Å². The highest BCUT2D eigenvalue weighted by molar-refractivity contribution is 6.01. The first kappa shape index (κ1) is 24.3. The Morgan fingerprint density at radius 1 is 0.939 bits per heavy atom. The molecule has 1 aromatic carbocycles. The van der Waals surface area contributed by atoms with Gasteiger partial charge in [0.25, 0.3) is 11.8 Å². The molecule has 33 heavy (non-hydrogen) atoms. The molecular weight excluding hydrogens is 426 g/mol. The van der Waals surface area contributed by atoms with Crippen molar-refractivity contribution < 1.29 is 28.6 Å². The lowest BCUT2D eigenvalue weighted by atomic mass is 10.1. The summed E-state index contributed by atoms with van der Waals surface area (Å²) in [5, 5.41) is 0. The minimum Gasteiger partial charge on any atom is -0.496 e. The fraction of sp³-hybridized carbons (Fsp3) is 0.458. The summed E-state index contributed by atoms with van der Waals surface area (Å²) in [5.74, 6) is -0.267. The van der Waals surface area contributed by atoms with Gasteiger partial charge in [0.05, 0.1) is 24.8 Å². The van der Waals surface area contributed by atoms with E-state index in [0.29, 0.717) is 73.0 Å². The molecule has 0 aliphatic carbocycles. The van der Waals surface area contributed by atoms with Gasteiger partial charge in [0.2, 0.25) is 0 Å². The molecular formula is C24H31N3O6. The molecule has 1 aliphatic rings. The summed E-state index contributed by atoms with van der Waals surface area (Å²) in [6.45, 7) is 5.78. The average molecular weight is 458 g/mol. The average Bonchev–Trinajstić information content (AvgIpc) is 2.97. The number of nitrogens with zero attached hydrogens (tertiary/aromatic N) is 2. The maximum Gasteiger partial charge on any atom is 0.340 e. The Hall–Kier alpha value is -3.33. The van der Waals surface area contributed by atoms with Gasteiger partial charge in [-0.15, -0.1) is 0 Å². The van der Waals surface area contributed by atoms with Crippen LogP contribution in [0.2, 0.25) is 0 Å². The number of nitrogens with one attached hydrogen (secondary N) is 1. The molecule has 2 amide bonds. The third-order valence-corrected chi connectivity index (χ3v) is 5.78. The van der Waals surface area contributed by atoms with Crippen LogP contribution in [0.4, 0.5) is 0 Å². The Morgan fingerprint density at radius 3 is 2.27 bits per heavy atom. The van der Waals surface area contributed by atoms with Crippen LogP contribution in [0.25, 0.3) is 0 Å². The summed E-state index contributed by atoms with van der Waals surface area (Å²) in [4.78, 5) is 45.3. The van der Waals surface area contributed by atoms with Gasteiger partial charge in [-0.1, -0.05) is 12.1 Å². The van der Waals surface area contributed by atoms with Crippen LogP contribution in [0, 0.1) is 13.8 Å². The van der Waals surface area contributed by atoms with Crippen molar-refractivity contribution in [1.29, 1.82) is 0 Å². The predicted molar refractivity (Wildman–Crippen MR) is 122 cm³/mol. The minimum atomic E-state index is -0.484. The van der Waals surface area contributed by atoms with Gasteiger partial charge in [0.1, 0.15) is 18.1 Å². The summed E-state index contributed by atoms with van der Waals surface area (Å²) >= 11 is 0. The standard InChI is InChI=1S/C24H31N3O6/c1-16-20(24(30)33-15-14-31-3)17(2)25-21(16)23(29)27-11-7-10-26(12-13-27)22(28)18-8-5-6-9-19(18)32-4/h5-6,8-9,25H,7,10-15H2,1-4H3. The van der Waals surface area contributed by atoms with Crippen LogP contribution in [0.5, 0.6) is 5.75 Å². The summed E-state index contributed by atoms with van der Waals surface area (Å²) in [6.07, 6.45) is 0.650. The van der Waals surface area contributed by atoms with Crippen molar-refractivity contribution in [2.75, 3.05) is 53.6 Å². The minimum absolute atomic E-state index is 0.116. The molecule has 1 N–H and O–H groups in total. The van der Waals surface area contributed by atoms with Gasteiger partial charge in [-0.3, -0.25) is 9.59 Å². The highest BCUT2D eigenvalue weighted by atomic mass is 16.6. The third kappa shape index (κ3) is 5.36. The van der Waals surface area contributed by atoms with Crippen molar-refractivity contribution in [3.63, 3.8) is 0 Å². The van der Waals surface area contributed by atoms with Crippen LogP contribution in [0.1, 0.15) is 48.9 Å². The SMILES string of the molecule is COCCOC(=O)c1c(C)[nH]c(C(=O)N2CCCN(C(=O)c3ccccc3OC)CC2)c1C. The van der Waals surface area contributed by atoms with Gasteiger partial charge in [0.15, 0.2) is 0 Å². The maximum absolute atomic E-state index is 13.3. The predicted octanol–water partition coefficient (Wildman–Crippen LogP) is 2.43. The Morgan fingerprint density at radius 2 is 1.61 bits per heavy atom. The Balaban J connectivity index is 1.70. The monoisotopic (exact) mass is 457 g/mol. The highest BCUT2D eigenvalue weighted by Crippen LogP contribution is 2.23. The van der Waals surface area contributed by atoms with Gasteiger partial charge in [-0.2, -0.15) is 0 Å². The van der Waals surface area contributed by atoms with Crippen molar-refractivity contribution in [3.8, 4) is 5.75 Å². The first-order valence-corrected chi connectivity index (χ1v) is 11.0. The van der Waals surface area contributed by atoms with E-state index in [1.165, 1.54) is 14.2 Å². The van der Waals surface area contributed by atoms with Crippen molar-refractivity contribution in [1.82, 2.24) is 14.8 Å². The van der Waals surface area contributed by atoms with Crippen molar-refractivity contribution in [3.05, 3.63) is 52.3 Å². The fourth-order valence-corrected chi connectivity index (χ4v) is 4.03. The summed E-state index contributed by atoms with van der Waals surface area (Å²) in [6, 6.07) is 7.13. The molecule has 178 valence electrons. The maximum atomic E-state index is 13.3. The second-order valence-corrected chi connectivity index (χ2v) is 7.89. The number of hydrogen-bond donors (Lipinski definition) is 1. The first-order valence-electron chi connectivity index (χ1n) is 11.0. The molecule has 0 bridgehead atoms. The number of carbonyl (C=O) groups excluding carboxylic acids is 3. The summed E-state index contributed by atoms with van der Waals surface area (Å²) in [7, 11) is 3.07. The molecule has 0 unspecified atom stereocenters.